The Morgan fingerprint density at radius 1 is 0.833 bits per heavy atom. The highest BCUT2D eigenvalue weighted by atomic mass is 79.9. The maximum atomic E-state index is 12.4. The van der Waals surface area contributed by atoms with E-state index in [1.165, 1.54) is 0 Å². The molecule has 18 heavy (non-hydrogen) atoms. The second kappa shape index (κ2) is 3.78. The highest BCUT2D eigenvalue weighted by Crippen LogP contribution is 2.34. The van der Waals surface area contributed by atoms with Gasteiger partial charge in [0.15, 0.2) is 11.6 Å². The maximum Gasteiger partial charge on any atom is 0.197 e. The minimum Gasteiger partial charge on any atom is -0.398 e. The molecule has 88 valence electrons. The van der Waals surface area contributed by atoms with Crippen molar-refractivity contribution in [1.29, 1.82) is 0 Å². The van der Waals surface area contributed by atoms with Gasteiger partial charge < -0.3 is 5.73 Å². The van der Waals surface area contributed by atoms with E-state index in [2.05, 4.69) is 15.9 Å². The molecule has 0 saturated heterocycles. The zero-order chi connectivity index (χ0) is 12.9. The molecule has 1 aliphatic rings. The van der Waals surface area contributed by atoms with Gasteiger partial charge >= 0.3 is 0 Å². The summed E-state index contributed by atoms with van der Waals surface area (Å²) in [6.07, 6.45) is 0. The molecule has 4 heteroatoms. The van der Waals surface area contributed by atoms with Gasteiger partial charge in [-0.05, 0) is 12.1 Å². The molecule has 1 aliphatic carbocycles. The first-order valence-corrected chi connectivity index (χ1v) is 6.17. The van der Waals surface area contributed by atoms with E-state index in [-0.39, 0.29) is 11.6 Å². The Kier molecular flexibility index (Phi) is 2.35. The Balaban J connectivity index is 2.40. The number of hydrogen-bond donors (Lipinski definition) is 1. The first kappa shape index (κ1) is 11.2. The zero-order valence-electron chi connectivity index (χ0n) is 9.24. The van der Waals surface area contributed by atoms with Crippen molar-refractivity contribution in [1.82, 2.24) is 0 Å². The quantitative estimate of drug-likeness (QED) is 0.650. The molecule has 0 fully saturated rings. The van der Waals surface area contributed by atoms with Crippen molar-refractivity contribution in [2.24, 2.45) is 0 Å². The van der Waals surface area contributed by atoms with Gasteiger partial charge in [-0.2, -0.15) is 0 Å². The smallest absolute Gasteiger partial charge is 0.197 e. The van der Waals surface area contributed by atoms with Crippen LogP contribution in [0.4, 0.5) is 5.69 Å². The SMILES string of the molecule is Nc1cccc2c1C(=O)c1c(Br)cccc1C2=O. The standard InChI is InChI=1S/C14H8BrNO2/c15-9-5-1-3-7-11(9)14(18)12-8(13(7)17)4-2-6-10(12)16/h1-6H,16H2. The van der Waals surface area contributed by atoms with Crippen molar-refractivity contribution in [3.05, 3.63) is 63.1 Å². The van der Waals surface area contributed by atoms with E-state index in [0.717, 1.165) is 0 Å². The summed E-state index contributed by atoms with van der Waals surface area (Å²) >= 11 is 3.31. The Morgan fingerprint density at radius 2 is 1.44 bits per heavy atom. The lowest BCUT2D eigenvalue weighted by atomic mass is 9.83. The summed E-state index contributed by atoms with van der Waals surface area (Å²) in [7, 11) is 0. The molecule has 2 N–H and O–H groups in total. The number of carbonyl (C=O) groups excluding carboxylic acids is 2. The number of nitrogens with two attached hydrogens (primary N) is 1. The van der Waals surface area contributed by atoms with Crippen LogP contribution in [0.2, 0.25) is 0 Å². The van der Waals surface area contributed by atoms with Crippen LogP contribution >= 0.6 is 15.9 Å². The molecular weight excluding hydrogens is 294 g/mol. The van der Waals surface area contributed by atoms with Crippen LogP contribution in [0.1, 0.15) is 31.8 Å². The normalized spacial score (nSPS) is 13.2. The molecular formula is C14H8BrNO2. The minimum absolute atomic E-state index is 0.159. The van der Waals surface area contributed by atoms with E-state index in [9.17, 15) is 9.59 Å². The molecule has 2 aromatic rings. The van der Waals surface area contributed by atoms with Gasteiger partial charge in [-0.15, -0.1) is 0 Å². The van der Waals surface area contributed by atoms with Crippen molar-refractivity contribution in [3.8, 4) is 0 Å². The van der Waals surface area contributed by atoms with Crippen LogP contribution in [0.5, 0.6) is 0 Å². The summed E-state index contributed by atoms with van der Waals surface area (Å²) in [5.74, 6) is -0.363. The summed E-state index contributed by atoms with van der Waals surface area (Å²) in [6, 6.07) is 10.1. The van der Waals surface area contributed by atoms with Gasteiger partial charge in [0.1, 0.15) is 0 Å². The van der Waals surface area contributed by atoms with Crippen LogP contribution in [0, 0.1) is 0 Å². The number of benzene rings is 2. The Bertz CT molecular complexity index is 649. The molecule has 0 radical (unpaired) electrons. The van der Waals surface area contributed by atoms with Crippen LogP contribution in [-0.4, -0.2) is 11.6 Å². The number of hydrogen-bond acceptors (Lipinski definition) is 3. The fraction of sp³-hybridized carbons (Fsp3) is 0. The van der Waals surface area contributed by atoms with E-state index >= 15 is 0 Å². The molecule has 0 spiro atoms. The average Bonchev–Trinajstić information content (AvgIpc) is 2.35. The van der Waals surface area contributed by atoms with Gasteiger partial charge in [-0.25, -0.2) is 0 Å². The zero-order valence-corrected chi connectivity index (χ0v) is 10.8. The van der Waals surface area contributed by atoms with Crippen molar-refractivity contribution >= 4 is 33.2 Å². The number of nitrogen functional groups attached to an aromatic ring is 1. The first-order valence-electron chi connectivity index (χ1n) is 5.37. The lowest BCUT2D eigenvalue weighted by molar-refractivity contribution is 0.0979. The molecule has 3 rings (SSSR count). The number of ketones is 2. The van der Waals surface area contributed by atoms with Crippen molar-refractivity contribution < 1.29 is 9.59 Å². The van der Waals surface area contributed by atoms with Gasteiger partial charge in [-0.1, -0.05) is 40.2 Å². The molecule has 0 unspecified atom stereocenters. The van der Waals surface area contributed by atoms with Crippen LogP contribution in [0.25, 0.3) is 0 Å². The van der Waals surface area contributed by atoms with Gasteiger partial charge in [0.2, 0.25) is 0 Å². The lowest BCUT2D eigenvalue weighted by Gasteiger charge is -2.19. The number of rotatable bonds is 0. The third-order valence-corrected chi connectivity index (χ3v) is 3.71. The highest BCUT2D eigenvalue weighted by Gasteiger charge is 2.32. The largest absolute Gasteiger partial charge is 0.398 e. The Labute approximate surface area is 112 Å². The van der Waals surface area contributed by atoms with E-state index in [0.29, 0.717) is 32.4 Å². The first-order chi connectivity index (χ1) is 8.61. The molecule has 2 aromatic carbocycles. The second-order valence-electron chi connectivity index (χ2n) is 4.09. The molecule has 0 aliphatic heterocycles. The maximum absolute atomic E-state index is 12.4. The van der Waals surface area contributed by atoms with E-state index in [1.807, 2.05) is 0 Å². The van der Waals surface area contributed by atoms with E-state index < -0.39 is 0 Å². The minimum atomic E-state index is -0.204. The van der Waals surface area contributed by atoms with Crippen molar-refractivity contribution in [2.75, 3.05) is 5.73 Å². The van der Waals surface area contributed by atoms with Crippen molar-refractivity contribution in [3.63, 3.8) is 0 Å². The fourth-order valence-corrected chi connectivity index (χ4v) is 2.77. The fourth-order valence-electron chi connectivity index (χ4n) is 2.23. The summed E-state index contributed by atoms with van der Waals surface area (Å²) in [5.41, 5.74) is 7.66. The lowest BCUT2D eigenvalue weighted by Crippen LogP contribution is -2.22. The van der Waals surface area contributed by atoms with E-state index in [4.69, 9.17) is 5.73 Å². The summed E-state index contributed by atoms with van der Waals surface area (Å²) < 4.78 is 0.618. The van der Waals surface area contributed by atoms with Gasteiger partial charge in [0, 0.05) is 26.9 Å². The predicted molar refractivity (Wildman–Crippen MR) is 71.9 cm³/mol. The molecule has 0 amide bonds. The third-order valence-electron chi connectivity index (χ3n) is 3.05. The van der Waals surface area contributed by atoms with Crippen molar-refractivity contribution in [2.45, 2.75) is 0 Å². The Morgan fingerprint density at radius 3 is 2.17 bits per heavy atom. The second-order valence-corrected chi connectivity index (χ2v) is 4.94. The van der Waals surface area contributed by atoms with Gasteiger partial charge in [0.05, 0.1) is 5.56 Å². The van der Waals surface area contributed by atoms with Gasteiger partial charge in [-0.3, -0.25) is 9.59 Å². The topological polar surface area (TPSA) is 60.2 Å². The number of fused-ring (bicyclic) bond motifs is 2. The Hall–Kier alpha value is -1.94. The molecule has 0 atom stereocenters. The summed E-state index contributed by atoms with van der Waals surface area (Å²) in [4.78, 5) is 24.8. The number of carbonyl (C=O) groups is 2. The van der Waals surface area contributed by atoms with E-state index in [1.54, 1.807) is 36.4 Å². The monoisotopic (exact) mass is 301 g/mol. The molecule has 0 saturated carbocycles. The van der Waals surface area contributed by atoms with Gasteiger partial charge in [0.25, 0.3) is 0 Å². The number of halogens is 1. The highest BCUT2D eigenvalue weighted by molar-refractivity contribution is 9.10. The molecule has 0 heterocycles. The average molecular weight is 302 g/mol. The molecule has 0 aromatic heterocycles. The summed E-state index contributed by atoms with van der Waals surface area (Å²) in [5, 5.41) is 0. The third kappa shape index (κ3) is 1.36. The predicted octanol–water partition coefficient (Wildman–Crippen LogP) is 2.81. The van der Waals surface area contributed by atoms with Crippen LogP contribution in [0.3, 0.4) is 0 Å². The van der Waals surface area contributed by atoms with Crippen LogP contribution in [-0.2, 0) is 0 Å². The number of anilines is 1. The molecule has 3 nitrogen and oxygen atoms in total. The van der Waals surface area contributed by atoms with Crippen LogP contribution < -0.4 is 5.73 Å². The molecule has 0 bridgehead atoms. The summed E-state index contributed by atoms with van der Waals surface area (Å²) in [6.45, 7) is 0. The van der Waals surface area contributed by atoms with Crippen LogP contribution in [0.15, 0.2) is 40.9 Å².